The largest absolute Gasteiger partial charge is 0.481 e. The number of likely N-dealkylation sites (N-methyl/N-ethyl adjacent to an activating group) is 1. The van der Waals surface area contributed by atoms with Crippen LogP contribution in [0.3, 0.4) is 0 Å². The van der Waals surface area contributed by atoms with Gasteiger partial charge in [-0.3, -0.25) is 14.6 Å². The molecule has 0 aliphatic heterocycles. The van der Waals surface area contributed by atoms with Crippen molar-refractivity contribution >= 4 is 22.7 Å². The Balaban J connectivity index is 1.50. The van der Waals surface area contributed by atoms with Crippen LogP contribution in [0.25, 0.3) is 10.9 Å². The molecule has 0 aliphatic carbocycles. The molecule has 7 nitrogen and oxygen atoms in total. The number of rotatable bonds is 7. The Labute approximate surface area is 150 Å². The van der Waals surface area contributed by atoms with Crippen molar-refractivity contribution in [1.29, 1.82) is 0 Å². The molecule has 1 aromatic carbocycles. The van der Waals surface area contributed by atoms with Gasteiger partial charge >= 0.3 is 0 Å². The molecule has 0 bridgehead atoms. The lowest BCUT2D eigenvalue weighted by Gasteiger charge is -2.17. The SMILES string of the molecule is CN(CC(=O)NCc1ccco1)C(=O)COc1cccc2cccnc12. The zero-order valence-corrected chi connectivity index (χ0v) is 14.3. The van der Waals surface area contributed by atoms with Gasteiger partial charge in [-0.15, -0.1) is 0 Å². The average Bonchev–Trinajstić information content (AvgIpc) is 3.18. The van der Waals surface area contributed by atoms with E-state index in [0.29, 0.717) is 17.0 Å². The smallest absolute Gasteiger partial charge is 0.260 e. The lowest BCUT2D eigenvalue weighted by atomic mass is 10.2. The summed E-state index contributed by atoms with van der Waals surface area (Å²) < 4.78 is 10.7. The second-order valence-corrected chi connectivity index (χ2v) is 5.73. The van der Waals surface area contributed by atoms with Gasteiger partial charge < -0.3 is 19.4 Å². The van der Waals surface area contributed by atoms with Crippen LogP contribution in [0.5, 0.6) is 5.75 Å². The number of amides is 2. The van der Waals surface area contributed by atoms with Crippen molar-refractivity contribution in [3.8, 4) is 5.75 Å². The summed E-state index contributed by atoms with van der Waals surface area (Å²) in [4.78, 5) is 29.7. The summed E-state index contributed by atoms with van der Waals surface area (Å²) in [5.74, 6) is 0.612. The maximum Gasteiger partial charge on any atom is 0.260 e. The van der Waals surface area contributed by atoms with Gasteiger partial charge in [0.15, 0.2) is 6.61 Å². The van der Waals surface area contributed by atoms with Crippen LogP contribution < -0.4 is 10.1 Å². The molecule has 3 aromatic rings. The summed E-state index contributed by atoms with van der Waals surface area (Å²) in [7, 11) is 1.56. The topological polar surface area (TPSA) is 84.7 Å². The van der Waals surface area contributed by atoms with Crippen LogP contribution in [-0.4, -0.2) is 41.9 Å². The normalized spacial score (nSPS) is 10.5. The molecular weight excluding hydrogens is 334 g/mol. The minimum Gasteiger partial charge on any atom is -0.481 e. The van der Waals surface area contributed by atoms with Crippen molar-refractivity contribution in [3.05, 3.63) is 60.7 Å². The quantitative estimate of drug-likeness (QED) is 0.702. The standard InChI is InChI=1S/C19H19N3O4/c1-22(12-17(23)21-11-15-7-4-10-25-15)18(24)13-26-16-8-2-5-14-6-3-9-20-19(14)16/h2-10H,11-13H2,1H3,(H,21,23). The van der Waals surface area contributed by atoms with Crippen molar-refractivity contribution in [1.82, 2.24) is 15.2 Å². The van der Waals surface area contributed by atoms with E-state index in [9.17, 15) is 9.59 Å². The Hall–Kier alpha value is -3.35. The number of ether oxygens (including phenoxy) is 1. The third kappa shape index (κ3) is 4.38. The molecule has 2 amide bonds. The summed E-state index contributed by atoms with van der Waals surface area (Å²) in [5, 5.41) is 3.62. The second-order valence-electron chi connectivity index (χ2n) is 5.73. The summed E-state index contributed by atoms with van der Waals surface area (Å²) in [6.07, 6.45) is 3.21. The highest BCUT2D eigenvalue weighted by atomic mass is 16.5. The van der Waals surface area contributed by atoms with Gasteiger partial charge in [-0.25, -0.2) is 0 Å². The first kappa shape index (κ1) is 17.5. The number of benzene rings is 1. The molecule has 1 N–H and O–H groups in total. The monoisotopic (exact) mass is 353 g/mol. The Bertz CT molecular complexity index is 887. The first-order valence-electron chi connectivity index (χ1n) is 8.13. The minimum absolute atomic E-state index is 0.0588. The van der Waals surface area contributed by atoms with Crippen LogP contribution >= 0.6 is 0 Å². The van der Waals surface area contributed by atoms with Crippen molar-refractivity contribution in [2.45, 2.75) is 6.54 Å². The van der Waals surface area contributed by atoms with E-state index < -0.39 is 0 Å². The number of para-hydroxylation sites is 1. The van der Waals surface area contributed by atoms with Crippen LogP contribution in [0.15, 0.2) is 59.3 Å². The van der Waals surface area contributed by atoms with E-state index in [-0.39, 0.29) is 31.5 Å². The van der Waals surface area contributed by atoms with Crippen molar-refractivity contribution in [2.24, 2.45) is 0 Å². The fraction of sp³-hybridized carbons (Fsp3) is 0.211. The molecular formula is C19H19N3O4. The van der Waals surface area contributed by atoms with E-state index in [1.165, 1.54) is 11.2 Å². The molecule has 26 heavy (non-hydrogen) atoms. The number of carbonyl (C=O) groups is 2. The maximum atomic E-state index is 12.2. The van der Waals surface area contributed by atoms with E-state index in [1.807, 2.05) is 24.3 Å². The number of aromatic nitrogens is 1. The van der Waals surface area contributed by atoms with E-state index in [0.717, 1.165) is 5.39 Å². The molecule has 0 radical (unpaired) electrons. The Kier molecular flexibility index (Phi) is 5.48. The fourth-order valence-corrected chi connectivity index (χ4v) is 2.40. The molecule has 0 fully saturated rings. The molecule has 0 saturated heterocycles. The summed E-state index contributed by atoms with van der Waals surface area (Å²) in [6, 6.07) is 12.8. The molecule has 2 heterocycles. The first-order valence-corrected chi connectivity index (χ1v) is 8.13. The maximum absolute atomic E-state index is 12.2. The van der Waals surface area contributed by atoms with E-state index >= 15 is 0 Å². The highest BCUT2D eigenvalue weighted by Gasteiger charge is 2.14. The predicted octanol–water partition coefficient (Wildman–Crippen LogP) is 1.98. The van der Waals surface area contributed by atoms with E-state index in [1.54, 1.807) is 31.4 Å². The van der Waals surface area contributed by atoms with Crippen LogP contribution in [0.2, 0.25) is 0 Å². The van der Waals surface area contributed by atoms with Gasteiger partial charge in [0.05, 0.1) is 19.4 Å². The number of hydrogen-bond donors (Lipinski definition) is 1. The number of carbonyl (C=O) groups excluding carboxylic acids is 2. The van der Waals surface area contributed by atoms with Gasteiger partial charge in [0, 0.05) is 18.6 Å². The van der Waals surface area contributed by atoms with Gasteiger partial charge in [0.2, 0.25) is 5.91 Å². The molecule has 2 aromatic heterocycles. The molecule has 0 aliphatic rings. The van der Waals surface area contributed by atoms with Gasteiger partial charge in [-0.05, 0) is 24.3 Å². The number of nitrogens with zero attached hydrogens (tertiary/aromatic N) is 2. The Morgan fingerprint density at radius 1 is 1.19 bits per heavy atom. The Morgan fingerprint density at radius 2 is 2.04 bits per heavy atom. The van der Waals surface area contributed by atoms with Gasteiger partial charge in [-0.1, -0.05) is 18.2 Å². The van der Waals surface area contributed by atoms with E-state index in [2.05, 4.69) is 10.3 Å². The molecule has 3 rings (SSSR count). The zero-order valence-electron chi connectivity index (χ0n) is 14.3. The lowest BCUT2D eigenvalue weighted by molar-refractivity contribution is -0.136. The highest BCUT2D eigenvalue weighted by Crippen LogP contribution is 2.22. The molecule has 0 unspecified atom stereocenters. The van der Waals surface area contributed by atoms with Gasteiger partial charge in [-0.2, -0.15) is 0 Å². The van der Waals surface area contributed by atoms with Crippen LogP contribution in [0, 0.1) is 0 Å². The third-order valence-electron chi connectivity index (χ3n) is 3.79. The first-order chi connectivity index (χ1) is 12.6. The second kappa shape index (κ2) is 8.15. The molecule has 0 saturated carbocycles. The van der Waals surface area contributed by atoms with E-state index in [4.69, 9.17) is 9.15 Å². The van der Waals surface area contributed by atoms with Gasteiger partial charge in [0.25, 0.3) is 5.91 Å². The predicted molar refractivity (Wildman–Crippen MR) is 95.4 cm³/mol. The number of pyridine rings is 1. The fourth-order valence-electron chi connectivity index (χ4n) is 2.40. The van der Waals surface area contributed by atoms with Crippen LogP contribution in [0.1, 0.15) is 5.76 Å². The van der Waals surface area contributed by atoms with Crippen molar-refractivity contribution in [2.75, 3.05) is 20.2 Å². The molecule has 0 atom stereocenters. The lowest BCUT2D eigenvalue weighted by Crippen LogP contribution is -2.40. The summed E-state index contributed by atoms with van der Waals surface area (Å²) in [5.41, 5.74) is 0.696. The van der Waals surface area contributed by atoms with Crippen LogP contribution in [0.4, 0.5) is 0 Å². The summed E-state index contributed by atoms with van der Waals surface area (Å²) in [6.45, 7) is 0.0559. The van der Waals surface area contributed by atoms with Gasteiger partial charge in [0.1, 0.15) is 17.0 Å². The van der Waals surface area contributed by atoms with Crippen molar-refractivity contribution in [3.63, 3.8) is 0 Å². The molecule has 0 spiro atoms. The number of furan rings is 1. The molecule has 134 valence electrons. The van der Waals surface area contributed by atoms with Crippen molar-refractivity contribution < 1.29 is 18.7 Å². The molecule has 7 heteroatoms. The Morgan fingerprint density at radius 3 is 2.85 bits per heavy atom. The summed E-state index contributed by atoms with van der Waals surface area (Å²) >= 11 is 0. The highest BCUT2D eigenvalue weighted by molar-refractivity contribution is 5.86. The van der Waals surface area contributed by atoms with Crippen LogP contribution in [-0.2, 0) is 16.1 Å². The number of fused-ring (bicyclic) bond motifs is 1. The number of nitrogens with one attached hydrogen (secondary N) is 1. The average molecular weight is 353 g/mol. The number of hydrogen-bond acceptors (Lipinski definition) is 5. The zero-order chi connectivity index (χ0) is 18.4. The minimum atomic E-state index is -0.300. The third-order valence-corrected chi connectivity index (χ3v) is 3.79.